The van der Waals surface area contributed by atoms with E-state index in [0.717, 1.165) is 0 Å². The smallest absolute Gasteiger partial charge is 0.313 e. The van der Waals surface area contributed by atoms with E-state index in [2.05, 4.69) is 15.7 Å². The Balaban J connectivity index is 1.67. The number of hydrogen-bond donors (Lipinski definition) is 3. The van der Waals surface area contributed by atoms with Crippen LogP contribution in [0, 0.1) is 5.82 Å². The van der Waals surface area contributed by atoms with Crippen LogP contribution >= 0.6 is 0 Å². The van der Waals surface area contributed by atoms with Crippen molar-refractivity contribution in [3.8, 4) is 11.5 Å². The summed E-state index contributed by atoms with van der Waals surface area (Å²) in [5.74, 6) is -2.76. The van der Waals surface area contributed by atoms with Crippen LogP contribution in [-0.4, -0.2) is 32.1 Å². The Hall–Kier alpha value is -4.73. The number of carbonyl (C=O) groups excluding carboxylic acids is 3. The van der Waals surface area contributed by atoms with E-state index >= 15 is 0 Å². The van der Waals surface area contributed by atoms with Gasteiger partial charge in [-0.25, -0.2) is 9.07 Å². The Morgan fingerprint density at radius 1 is 0.906 bits per heavy atom. The molecule has 2 aromatic carbocycles. The minimum Gasteiger partial charge on any atom is -0.361 e. The molecule has 0 saturated heterocycles. The third-order valence-corrected chi connectivity index (χ3v) is 4.52. The molecule has 0 bridgehead atoms. The zero-order chi connectivity index (χ0) is 22.7. The molecule has 0 unspecified atom stereocenters. The molecule has 4 rings (SSSR count). The first-order chi connectivity index (χ1) is 15.4. The SMILES string of the molecule is NC(=O)C(=O)Nc1cccc(NC(=O)c2cnn(-c3ccccc3F)c2-n2cccc2)c1. The fraction of sp³-hybridized carbons (Fsp3) is 0. The van der Waals surface area contributed by atoms with Crippen LogP contribution in [0.1, 0.15) is 10.4 Å². The van der Waals surface area contributed by atoms with Gasteiger partial charge in [0, 0.05) is 23.8 Å². The minimum atomic E-state index is -1.13. The van der Waals surface area contributed by atoms with E-state index in [9.17, 15) is 18.8 Å². The first kappa shape index (κ1) is 20.5. The van der Waals surface area contributed by atoms with Crippen LogP contribution in [0.4, 0.5) is 15.8 Å². The Bertz CT molecular complexity index is 1310. The van der Waals surface area contributed by atoms with Crippen molar-refractivity contribution in [2.45, 2.75) is 0 Å². The van der Waals surface area contributed by atoms with Crippen molar-refractivity contribution < 1.29 is 18.8 Å². The molecule has 32 heavy (non-hydrogen) atoms. The van der Waals surface area contributed by atoms with Gasteiger partial charge in [-0.3, -0.25) is 14.4 Å². The molecule has 4 N–H and O–H groups in total. The van der Waals surface area contributed by atoms with Gasteiger partial charge in [-0.1, -0.05) is 18.2 Å². The quantitative estimate of drug-likeness (QED) is 0.419. The number of nitrogens with one attached hydrogen (secondary N) is 2. The highest BCUT2D eigenvalue weighted by Crippen LogP contribution is 2.23. The number of amides is 3. The van der Waals surface area contributed by atoms with Gasteiger partial charge in [-0.05, 0) is 42.5 Å². The van der Waals surface area contributed by atoms with Crippen LogP contribution < -0.4 is 16.4 Å². The number of nitrogens with two attached hydrogens (primary N) is 1. The number of aromatic nitrogens is 3. The number of anilines is 2. The normalized spacial score (nSPS) is 10.5. The molecule has 4 aromatic rings. The van der Waals surface area contributed by atoms with Crippen LogP contribution in [0.25, 0.3) is 11.5 Å². The Kier molecular flexibility index (Phi) is 5.49. The van der Waals surface area contributed by atoms with Gasteiger partial charge in [0.05, 0.1) is 6.20 Å². The molecule has 160 valence electrons. The number of carbonyl (C=O) groups is 3. The zero-order valence-corrected chi connectivity index (χ0v) is 16.5. The van der Waals surface area contributed by atoms with Gasteiger partial charge in [0.2, 0.25) is 0 Å². The maximum Gasteiger partial charge on any atom is 0.313 e. The van der Waals surface area contributed by atoms with Crippen molar-refractivity contribution in [2.75, 3.05) is 10.6 Å². The summed E-state index contributed by atoms with van der Waals surface area (Å²) in [4.78, 5) is 35.5. The van der Waals surface area contributed by atoms with Gasteiger partial charge >= 0.3 is 11.8 Å². The largest absolute Gasteiger partial charge is 0.361 e. The van der Waals surface area contributed by atoms with Crippen molar-refractivity contribution in [3.05, 3.63) is 90.6 Å². The number of nitrogens with zero attached hydrogens (tertiary/aromatic N) is 3. The molecular formula is C22H17FN6O3. The molecule has 2 heterocycles. The van der Waals surface area contributed by atoms with Crippen LogP contribution in [-0.2, 0) is 9.59 Å². The Labute approximate surface area is 181 Å². The predicted octanol–water partition coefficient (Wildman–Crippen LogP) is 2.48. The molecule has 0 aliphatic carbocycles. The van der Waals surface area contributed by atoms with Gasteiger partial charge in [0.15, 0.2) is 5.82 Å². The van der Waals surface area contributed by atoms with Gasteiger partial charge in [0.1, 0.15) is 17.1 Å². The summed E-state index contributed by atoms with van der Waals surface area (Å²) in [5.41, 5.74) is 5.95. The molecule has 0 fully saturated rings. The molecule has 10 heteroatoms. The van der Waals surface area contributed by atoms with Crippen molar-refractivity contribution in [1.82, 2.24) is 14.3 Å². The van der Waals surface area contributed by atoms with E-state index in [1.54, 1.807) is 59.4 Å². The van der Waals surface area contributed by atoms with E-state index in [1.807, 2.05) is 0 Å². The number of primary amides is 1. The Morgan fingerprint density at radius 3 is 2.28 bits per heavy atom. The highest BCUT2D eigenvalue weighted by atomic mass is 19.1. The van der Waals surface area contributed by atoms with Crippen molar-refractivity contribution in [1.29, 1.82) is 0 Å². The summed E-state index contributed by atoms with van der Waals surface area (Å²) < 4.78 is 17.4. The molecular weight excluding hydrogens is 415 g/mol. The summed E-state index contributed by atoms with van der Waals surface area (Å²) in [6, 6.07) is 15.8. The lowest BCUT2D eigenvalue weighted by atomic mass is 10.2. The number of rotatable bonds is 5. The Morgan fingerprint density at radius 2 is 1.59 bits per heavy atom. The second-order valence-corrected chi connectivity index (χ2v) is 6.69. The fourth-order valence-corrected chi connectivity index (χ4v) is 3.09. The van der Waals surface area contributed by atoms with E-state index < -0.39 is 23.5 Å². The highest BCUT2D eigenvalue weighted by molar-refractivity contribution is 6.39. The molecule has 0 spiro atoms. The summed E-state index contributed by atoms with van der Waals surface area (Å²) >= 11 is 0. The van der Waals surface area contributed by atoms with Crippen molar-refractivity contribution >= 4 is 29.1 Å². The average molecular weight is 432 g/mol. The van der Waals surface area contributed by atoms with E-state index in [0.29, 0.717) is 11.5 Å². The summed E-state index contributed by atoms with van der Waals surface area (Å²) in [6.07, 6.45) is 4.77. The lowest BCUT2D eigenvalue weighted by Gasteiger charge is -2.12. The molecule has 0 aliphatic rings. The third-order valence-electron chi connectivity index (χ3n) is 4.52. The van der Waals surface area contributed by atoms with Gasteiger partial charge in [-0.2, -0.15) is 5.10 Å². The van der Waals surface area contributed by atoms with E-state index in [4.69, 9.17) is 5.73 Å². The molecule has 0 radical (unpaired) electrons. The summed E-state index contributed by atoms with van der Waals surface area (Å²) in [7, 11) is 0. The minimum absolute atomic E-state index is 0.186. The van der Waals surface area contributed by atoms with Gasteiger partial charge in [-0.15, -0.1) is 0 Å². The first-order valence-electron chi connectivity index (χ1n) is 9.42. The van der Waals surface area contributed by atoms with Gasteiger partial charge < -0.3 is 20.9 Å². The molecule has 0 saturated carbocycles. The number of hydrogen-bond acceptors (Lipinski definition) is 4. The maximum atomic E-state index is 14.4. The monoisotopic (exact) mass is 432 g/mol. The molecule has 2 aromatic heterocycles. The second-order valence-electron chi connectivity index (χ2n) is 6.69. The van der Waals surface area contributed by atoms with E-state index in [1.165, 1.54) is 29.1 Å². The number of benzene rings is 2. The second kappa shape index (κ2) is 8.56. The van der Waals surface area contributed by atoms with Crippen LogP contribution in [0.15, 0.2) is 79.3 Å². The third kappa shape index (κ3) is 4.10. The summed E-state index contributed by atoms with van der Waals surface area (Å²) in [6.45, 7) is 0. The van der Waals surface area contributed by atoms with Crippen LogP contribution in [0.5, 0.6) is 0 Å². The number of halogens is 1. The lowest BCUT2D eigenvalue weighted by Crippen LogP contribution is -2.29. The highest BCUT2D eigenvalue weighted by Gasteiger charge is 2.21. The fourth-order valence-electron chi connectivity index (χ4n) is 3.09. The maximum absolute atomic E-state index is 14.4. The van der Waals surface area contributed by atoms with Crippen molar-refractivity contribution in [2.24, 2.45) is 5.73 Å². The predicted molar refractivity (Wildman–Crippen MR) is 115 cm³/mol. The molecule has 9 nitrogen and oxygen atoms in total. The standard InChI is InChI=1S/C22H17FN6O3/c23-17-8-1-2-9-18(17)29-22(28-10-3-4-11-28)16(13-25-29)20(31)26-14-6-5-7-15(12-14)27-21(32)19(24)30/h1-13H,(H2,24,30)(H,26,31)(H,27,32). The van der Waals surface area contributed by atoms with Crippen LogP contribution in [0.2, 0.25) is 0 Å². The first-order valence-corrected chi connectivity index (χ1v) is 9.42. The molecule has 0 aliphatic heterocycles. The number of para-hydroxylation sites is 1. The zero-order valence-electron chi connectivity index (χ0n) is 16.5. The molecule has 3 amide bonds. The van der Waals surface area contributed by atoms with Crippen LogP contribution in [0.3, 0.4) is 0 Å². The summed E-state index contributed by atoms with van der Waals surface area (Å²) in [5, 5.41) is 9.28. The lowest BCUT2D eigenvalue weighted by molar-refractivity contribution is -0.134. The molecule has 0 atom stereocenters. The average Bonchev–Trinajstić information content (AvgIpc) is 3.44. The van der Waals surface area contributed by atoms with E-state index in [-0.39, 0.29) is 16.9 Å². The topological polar surface area (TPSA) is 124 Å². The van der Waals surface area contributed by atoms with Crippen molar-refractivity contribution in [3.63, 3.8) is 0 Å². The van der Waals surface area contributed by atoms with Gasteiger partial charge in [0.25, 0.3) is 5.91 Å².